The van der Waals surface area contributed by atoms with Crippen LogP contribution in [-0.4, -0.2) is 10.7 Å². The first kappa shape index (κ1) is 15.4. The molecule has 0 amide bonds. The Hall–Kier alpha value is -2.85. The minimum atomic E-state index is 0.00473. The molecule has 0 saturated heterocycles. The summed E-state index contributed by atoms with van der Waals surface area (Å²) in [6.07, 6.45) is 2.15. The Labute approximate surface area is 161 Å². The number of amidine groups is 1. The van der Waals surface area contributed by atoms with Gasteiger partial charge in [0, 0.05) is 21.8 Å². The lowest BCUT2D eigenvalue weighted by Gasteiger charge is -2.34. The van der Waals surface area contributed by atoms with Gasteiger partial charge in [0.25, 0.3) is 0 Å². The molecule has 0 aromatic heterocycles. The number of para-hydroxylation sites is 1. The first-order chi connectivity index (χ1) is 12.8. The molecule has 0 aliphatic carbocycles. The lowest BCUT2D eigenvalue weighted by atomic mass is 10.00. The Morgan fingerprint density at radius 2 is 1.42 bits per heavy atom. The summed E-state index contributed by atoms with van der Waals surface area (Å²) in [7, 11) is 0. The van der Waals surface area contributed by atoms with Crippen molar-refractivity contribution < 1.29 is 0 Å². The molecule has 2 aliphatic heterocycles. The van der Waals surface area contributed by atoms with Crippen LogP contribution >= 0.6 is 15.9 Å². The third-order valence-electron chi connectivity index (χ3n) is 4.74. The zero-order chi connectivity index (χ0) is 17.5. The van der Waals surface area contributed by atoms with Gasteiger partial charge in [0.1, 0.15) is 0 Å². The van der Waals surface area contributed by atoms with E-state index in [1.165, 1.54) is 11.1 Å². The summed E-state index contributed by atoms with van der Waals surface area (Å²) in [5, 5.41) is 7.13. The largest absolute Gasteiger partial charge is 0.303 e. The third-order valence-corrected chi connectivity index (χ3v) is 5.38. The smallest absolute Gasteiger partial charge is 0.162 e. The number of benzene rings is 3. The van der Waals surface area contributed by atoms with Gasteiger partial charge >= 0.3 is 0 Å². The van der Waals surface area contributed by atoms with Crippen molar-refractivity contribution in [3.63, 3.8) is 0 Å². The second-order valence-electron chi connectivity index (χ2n) is 6.31. The Balaban J connectivity index is 1.71. The molecule has 3 aromatic carbocycles. The van der Waals surface area contributed by atoms with E-state index in [4.69, 9.17) is 5.10 Å². The van der Waals surface area contributed by atoms with Crippen LogP contribution < -0.4 is 5.01 Å². The topological polar surface area (TPSA) is 18.8 Å². The van der Waals surface area contributed by atoms with Crippen molar-refractivity contribution in [1.29, 1.82) is 0 Å². The van der Waals surface area contributed by atoms with Crippen molar-refractivity contribution in [3.8, 4) is 0 Å². The van der Waals surface area contributed by atoms with Crippen LogP contribution in [-0.2, 0) is 0 Å². The monoisotopic (exact) mass is 401 g/mol. The molecule has 126 valence electrons. The van der Waals surface area contributed by atoms with Gasteiger partial charge < -0.3 is 4.90 Å². The van der Waals surface area contributed by atoms with Crippen molar-refractivity contribution in [2.45, 2.75) is 6.17 Å². The summed E-state index contributed by atoms with van der Waals surface area (Å²) in [6.45, 7) is 0. The molecule has 0 radical (unpaired) electrons. The van der Waals surface area contributed by atoms with Crippen LogP contribution in [0.2, 0.25) is 0 Å². The van der Waals surface area contributed by atoms with E-state index < -0.39 is 0 Å². The Morgan fingerprint density at radius 1 is 0.769 bits per heavy atom. The van der Waals surface area contributed by atoms with Gasteiger partial charge in [-0.05, 0) is 33.6 Å². The van der Waals surface area contributed by atoms with Crippen LogP contribution in [0.1, 0.15) is 22.9 Å². The molecular formula is C22H16BrN3. The SMILES string of the molecule is BrC1=CN2C(c3ccccc3)=NN(c3ccccc3)C2c2ccccc21. The molecule has 1 unspecified atom stereocenters. The van der Waals surface area contributed by atoms with Crippen molar-refractivity contribution in [2.75, 3.05) is 5.01 Å². The summed E-state index contributed by atoms with van der Waals surface area (Å²) >= 11 is 3.75. The van der Waals surface area contributed by atoms with E-state index >= 15 is 0 Å². The minimum absolute atomic E-state index is 0.00473. The number of hydrogen-bond acceptors (Lipinski definition) is 3. The maximum absolute atomic E-state index is 5.02. The molecule has 0 fully saturated rings. The molecule has 5 rings (SSSR count). The van der Waals surface area contributed by atoms with Crippen molar-refractivity contribution in [2.24, 2.45) is 5.10 Å². The molecule has 26 heavy (non-hydrogen) atoms. The van der Waals surface area contributed by atoms with E-state index in [2.05, 4.69) is 105 Å². The Kier molecular flexibility index (Phi) is 3.64. The normalized spacial score (nSPS) is 18.1. The highest BCUT2D eigenvalue weighted by molar-refractivity contribution is 9.15. The average Bonchev–Trinajstić information content (AvgIpc) is 3.09. The molecule has 3 aromatic rings. The van der Waals surface area contributed by atoms with Gasteiger partial charge in [-0.1, -0.05) is 72.8 Å². The molecule has 0 bridgehead atoms. The van der Waals surface area contributed by atoms with Gasteiger partial charge in [-0.15, -0.1) is 0 Å². The number of nitrogens with zero attached hydrogens (tertiary/aromatic N) is 3. The van der Waals surface area contributed by atoms with E-state index in [9.17, 15) is 0 Å². The number of fused-ring (bicyclic) bond motifs is 3. The summed E-state index contributed by atoms with van der Waals surface area (Å²) in [5.74, 6) is 0.950. The summed E-state index contributed by atoms with van der Waals surface area (Å²) < 4.78 is 1.07. The second kappa shape index (κ2) is 6.15. The minimum Gasteiger partial charge on any atom is -0.303 e. The van der Waals surface area contributed by atoms with Crippen molar-refractivity contribution in [1.82, 2.24) is 4.90 Å². The fourth-order valence-corrected chi connectivity index (χ4v) is 4.14. The maximum Gasteiger partial charge on any atom is 0.162 e. The molecule has 2 heterocycles. The molecule has 2 aliphatic rings. The number of halogens is 1. The lowest BCUT2D eigenvalue weighted by molar-refractivity contribution is 0.430. The van der Waals surface area contributed by atoms with Gasteiger partial charge in [-0.25, -0.2) is 5.01 Å². The van der Waals surface area contributed by atoms with E-state index in [1.807, 2.05) is 12.1 Å². The first-order valence-corrected chi connectivity index (χ1v) is 9.35. The maximum atomic E-state index is 5.02. The quantitative estimate of drug-likeness (QED) is 0.558. The number of rotatable bonds is 2. The standard InChI is InChI=1S/C22H16BrN3/c23-20-15-25-21(16-9-3-1-4-10-16)24-26(17-11-5-2-6-12-17)22(25)19-14-8-7-13-18(19)20/h1-15,22H. The molecule has 0 spiro atoms. The third kappa shape index (κ3) is 2.37. The predicted molar refractivity (Wildman–Crippen MR) is 110 cm³/mol. The molecule has 0 N–H and O–H groups in total. The van der Waals surface area contributed by atoms with Gasteiger partial charge in [-0.2, -0.15) is 5.10 Å². The zero-order valence-electron chi connectivity index (χ0n) is 14.0. The molecule has 0 saturated carbocycles. The number of hydrazone groups is 1. The van der Waals surface area contributed by atoms with E-state index in [0.29, 0.717) is 0 Å². The van der Waals surface area contributed by atoms with Crippen LogP contribution in [0.15, 0.2) is 96.2 Å². The molecular weight excluding hydrogens is 386 g/mol. The molecule has 4 heteroatoms. The van der Waals surface area contributed by atoms with Gasteiger partial charge in [0.15, 0.2) is 12.0 Å². The predicted octanol–water partition coefficient (Wildman–Crippen LogP) is 5.58. The number of anilines is 1. The lowest BCUT2D eigenvalue weighted by Crippen LogP contribution is -2.34. The molecule has 3 nitrogen and oxygen atoms in total. The Bertz CT molecular complexity index is 1010. The average molecular weight is 402 g/mol. The molecule has 1 atom stereocenters. The second-order valence-corrected chi connectivity index (χ2v) is 7.17. The highest BCUT2D eigenvalue weighted by atomic mass is 79.9. The first-order valence-electron chi connectivity index (χ1n) is 8.56. The summed E-state index contributed by atoms with van der Waals surface area (Å²) in [5.41, 5.74) is 4.63. The summed E-state index contributed by atoms with van der Waals surface area (Å²) in [4.78, 5) is 2.24. The number of hydrogen-bond donors (Lipinski definition) is 0. The fraction of sp³-hybridized carbons (Fsp3) is 0.0455. The Morgan fingerprint density at radius 3 is 2.19 bits per heavy atom. The van der Waals surface area contributed by atoms with Crippen LogP contribution in [0.25, 0.3) is 4.48 Å². The van der Waals surface area contributed by atoms with E-state index in [-0.39, 0.29) is 6.17 Å². The van der Waals surface area contributed by atoms with Crippen LogP contribution in [0.3, 0.4) is 0 Å². The van der Waals surface area contributed by atoms with Gasteiger partial charge in [0.05, 0.1) is 5.69 Å². The van der Waals surface area contributed by atoms with Gasteiger partial charge in [0.2, 0.25) is 0 Å². The summed E-state index contributed by atoms with van der Waals surface area (Å²) in [6, 6.07) is 29.2. The highest BCUT2D eigenvalue weighted by Gasteiger charge is 2.39. The van der Waals surface area contributed by atoms with Crippen LogP contribution in [0.4, 0.5) is 5.69 Å². The zero-order valence-corrected chi connectivity index (χ0v) is 15.5. The van der Waals surface area contributed by atoms with E-state index in [0.717, 1.165) is 21.6 Å². The van der Waals surface area contributed by atoms with Crippen molar-refractivity contribution >= 4 is 31.9 Å². The van der Waals surface area contributed by atoms with E-state index in [1.54, 1.807) is 0 Å². The van der Waals surface area contributed by atoms with Crippen molar-refractivity contribution in [3.05, 3.63) is 108 Å². The van der Waals surface area contributed by atoms with Gasteiger partial charge in [-0.3, -0.25) is 0 Å². The van der Waals surface area contributed by atoms with Crippen LogP contribution in [0.5, 0.6) is 0 Å². The highest BCUT2D eigenvalue weighted by Crippen LogP contribution is 2.44. The fourth-order valence-electron chi connectivity index (χ4n) is 3.56. The van der Waals surface area contributed by atoms with Crippen LogP contribution in [0, 0.1) is 0 Å².